The van der Waals surface area contributed by atoms with Gasteiger partial charge in [-0.2, -0.15) is 0 Å². The lowest BCUT2D eigenvalue weighted by molar-refractivity contribution is 0.204. The van der Waals surface area contributed by atoms with E-state index in [1.54, 1.807) is 24.5 Å². The average Bonchev–Trinajstić information content (AvgIpc) is 3.32. The van der Waals surface area contributed by atoms with E-state index < -0.39 is 0 Å². The Hall–Kier alpha value is -2.80. The molecule has 4 aromatic rings. The van der Waals surface area contributed by atoms with Gasteiger partial charge in [0.25, 0.3) is 0 Å². The molecule has 2 aromatic heterocycles. The van der Waals surface area contributed by atoms with Crippen LogP contribution in [0.3, 0.4) is 0 Å². The van der Waals surface area contributed by atoms with Crippen molar-refractivity contribution < 1.29 is 13.3 Å². The topological polar surface area (TPSA) is 47.1 Å². The first-order valence-electron chi connectivity index (χ1n) is 10.0. The normalized spacial score (nSPS) is 16.2. The van der Waals surface area contributed by atoms with Gasteiger partial charge in [-0.05, 0) is 69.2 Å². The minimum atomic E-state index is -0.302. The Balaban J connectivity index is 1.16. The number of nitrogens with zero attached hydrogens (tertiary/aromatic N) is 4. The molecule has 0 radical (unpaired) electrons. The van der Waals surface area contributed by atoms with Crippen LogP contribution in [0.15, 0.2) is 47.2 Å². The summed E-state index contributed by atoms with van der Waals surface area (Å²) in [5.74, 6) is -0.189. The number of piperidine rings is 1. The predicted molar refractivity (Wildman–Crippen MR) is 107 cm³/mol. The highest BCUT2D eigenvalue weighted by molar-refractivity contribution is 5.80. The third kappa shape index (κ3) is 3.62. The van der Waals surface area contributed by atoms with E-state index in [0.717, 1.165) is 67.6 Å². The molecule has 0 aliphatic carbocycles. The van der Waals surface area contributed by atoms with Crippen molar-refractivity contribution in [3.05, 3.63) is 60.1 Å². The molecule has 0 saturated carbocycles. The lowest BCUT2D eigenvalue weighted by Gasteiger charge is -2.31. The third-order valence-electron chi connectivity index (χ3n) is 5.89. The van der Waals surface area contributed by atoms with Crippen LogP contribution in [0.25, 0.3) is 22.0 Å². The minimum absolute atomic E-state index is 0.232. The lowest BCUT2D eigenvalue weighted by Crippen LogP contribution is -2.34. The quantitative estimate of drug-likeness (QED) is 0.490. The van der Waals surface area contributed by atoms with E-state index in [1.165, 1.54) is 18.2 Å². The van der Waals surface area contributed by atoms with Crippen LogP contribution in [0, 0.1) is 11.6 Å². The highest BCUT2D eigenvalue weighted by Gasteiger charge is 2.25. The molecule has 0 spiro atoms. The zero-order valence-electron chi connectivity index (χ0n) is 16.0. The fourth-order valence-electron chi connectivity index (χ4n) is 4.33. The molecule has 1 aliphatic rings. The number of hydrogen-bond acceptors (Lipinski definition) is 4. The van der Waals surface area contributed by atoms with E-state index in [4.69, 9.17) is 4.52 Å². The Morgan fingerprint density at radius 2 is 1.79 bits per heavy atom. The molecular formula is C22H22F2N4O. The van der Waals surface area contributed by atoms with Gasteiger partial charge in [0, 0.05) is 23.9 Å². The molecular weight excluding hydrogens is 374 g/mol. The van der Waals surface area contributed by atoms with Crippen LogP contribution in [0.4, 0.5) is 8.78 Å². The number of aryl methyl sites for hydroxylation is 1. The molecule has 0 atom stereocenters. The Morgan fingerprint density at radius 1 is 1.00 bits per heavy atom. The number of fused-ring (bicyclic) bond motifs is 2. The summed E-state index contributed by atoms with van der Waals surface area (Å²) in [5.41, 5.74) is 3.14. The molecule has 0 amide bonds. The molecule has 0 bridgehead atoms. The van der Waals surface area contributed by atoms with Gasteiger partial charge < -0.3 is 14.0 Å². The van der Waals surface area contributed by atoms with Crippen molar-refractivity contribution in [2.75, 3.05) is 19.6 Å². The molecule has 7 heteroatoms. The summed E-state index contributed by atoms with van der Waals surface area (Å²) in [6.45, 7) is 3.81. The van der Waals surface area contributed by atoms with Crippen LogP contribution in [-0.2, 0) is 6.54 Å². The van der Waals surface area contributed by atoms with Crippen LogP contribution in [0.1, 0.15) is 30.9 Å². The summed E-state index contributed by atoms with van der Waals surface area (Å²) in [4.78, 5) is 6.79. The van der Waals surface area contributed by atoms with E-state index in [1.807, 2.05) is 4.57 Å². The molecule has 5 rings (SSSR count). The average molecular weight is 396 g/mol. The Kier molecular flexibility index (Phi) is 4.75. The number of rotatable bonds is 5. The van der Waals surface area contributed by atoms with Crippen molar-refractivity contribution >= 4 is 22.0 Å². The first-order chi connectivity index (χ1) is 14.2. The molecule has 150 valence electrons. The maximum absolute atomic E-state index is 13.5. The van der Waals surface area contributed by atoms with Gasteiger partial charge in [-0.15, -0.1) is 0 Å². The van der Waals surface area contributed by atoms with Crippen LogP contribution < -0.4 is 0 Å². The van der Waals surface area contributed by atoms with E-state index in [-0.39, 0.29) is 11.6 Å². The first kappa shape index (κ1) is 18.2. The van der Waals surface area contributed by atoms with E-state index >= 15 is 0 Å². The van der Waals surface area contributed by atoms with Crippen molar-refractivity contribution in [2.45, 2.75) is 31.7 Å². The molecule has 1 aliphatic heterocycles. The Morgan fingerprint density at radius 3 is 2.66 bits per heavy atom. The highest BCUT2D eigenvalue weighted by atomic mass is 19.1. The highest BCUT2D eigenvalue weighted by Crippen LogP contribution is 2.32. The van der Waals surface area contributed by atoms with Gasteiger partial charge in [0.2, 0.25) is 0 Å². The zero-order valence-corrected chi connectivity index (χ0v) is 16.0. The van der Waals surface area contributed by atoms with Gasteiger partial charge in [-0.25, -0.2) is 13.8 Å². The van der Waals surface area contributed by atoms with Gasteiger partial charge in [0.05, 0.1) is 23.1 Å². The maximum atomic E-state index is 13.5. The van der Waals surface area contributed by atoms with Crippen molar-refractivity contribution in [2.24, 2.45) is 0 Å². The second-order valence-electron chi connectivity index (χ2n) is 7.75. The molecule has 1 fully saturated rings. The van der Waals surface area contributed by atoms with E-state index in [2.05, 4.69) is 15.0 Å². The minimum Gasteiger partial charge on any atom is -0.356 e. The second-order valence-corrected chi connectivity index (χ2v) is 7.75. The number of halogens is 2. The second kappa shape index (κ2) is 7.55. The molecule has 2 aromatic carbocycles. The standard InChI is InChI=1S/C22H22F2N4O/c23-16-3-5-19-20(12-16)28(14-25-19)9-1-8-27-10-6-15(7-11-27)22-18-4-2-17(24)13-21(18)29-26-22/h2-5,12-15H,1,6-11H2. The largest absolute Gasteiger partial charge is 0.356 e. The number of imidazole rings is 1. The molecule has 0 N–H and O–H groups in total. The zero-order chi connectivity index (χ0) is 19.8. The van der Waals surface area contributed by atoms with Gasteiger partial charge in [-0.3, -0.25) is 0 Å². The molecule has 29 heavy (non-hydrogen) atoms. The summed E-state index contributed by atoms with van der Waals surface area (Å²) in [7, 11) is 0. The van der Waals surface area contributed by atoms with Crippen molar-refractivity contribution in [1.29, 1.82) is 0 Å². The SMILES string of the molecule is Fc1ccc2c(C3CCN(CCCn4cnc5ccc(F)cc54)CC3)noc2c1. The Bertz CT molecular complexity index is 1140. The summed E-state index contributed by atoms with van der Waals surface area (Å²) < 4.78 is 34.2. The van der Waals surface area contributed by atoms with Gasteiger partial charge in [0.15, 0.2) is 5.58 Å². The number of aromatic nitrogens is 3. The first-order valence-corrected chi connectivity index (χ1v) is 10.0. The monoisotopic (exact) mass is 396 g/mol. The van der Waals surface area contributed by atoms with E-state index in [0.29, 0.717) is 11.5 Å². The van der Waals surface area contributed by atoms with Crippen LogP contribution in [0.2, 0.25) is 0 Å². The van der Waals surface area contributed by atoms with Crippen molar-refractivity contribution in [1.82, 2.24) is 19.6 Å². The third-order valence-corrected chi connectivity index (χ3v) is 5.89. The molecule has 1 saturated heterocycles. The van der Waals surface area contributed by atoms with Crippen molar-refractivity contribution in [3.8, 4) is 0 Å². The molecule has 0 unspecified atom stereocenters. The summed E-state index contributed by atoms with van der Waals surface area (Å²) >= 11 is 0. The molecule has 5 nitrogen and oxygen atoms in total. The molecule has 3 heterocycles. The van der Waals surface area contributed by atoms with Crippen LogP contribution in [0.5, 0.6) is 0 Å². The number of likely N-dealkylation sites (tertiary alicyclic amines) is 1. The maximum Gasteiger partial charge on any atom is 0.170 e. The van der Waals surface area contributed by atoms with Gasteiger partial charge in [0.1, 0.15) is 11.6 Å². The number of hydrogen-bond donors (Lipinski definition) is 0. The fraction of sp³-hybridized carbons (Fsp3) is 0.364. The van der Waals surface area contributed by atoms with Crippen molar-refractivity contribution in [3.63, 3.8) is 0 Å². The smallest absolute Gasteiger partial charge is 0.170 e. The van der Waals surface area contributed by atoms with Crippen LogP contribution >= 0.6 is 0 Å². The number of benzene rings is 2. The van der Waals surface area contributed by atoms with Crippen LogP contribution in [-0.4, -0.2) is 39.2 Å². The van der Waals surface area contributed by atoms with Gasteiger partial charge >= 0.3 is 0 Å². The van der Waals surface area contributed by atoms with E-state index in [9.17, 15) is 8.78 Å². The lowest BCUT2D eigenvalue weighted by atomic mass is 9.91. The Labute approximate surface area is 166 Å². The fourth-order valence-corrected chi connectivity index (χ4v) is 4.33. The summed E-state index contributed by atoms with van der Waals surface area (Å²) in [5, 5.41) is 5.14. The summed E-state index contributed by atoms with van der Waals surface area (Å²) in [6.07, 6.45) is 4.80. The van der Waals surface area contributed by atoms with Gasteiger partial charge in [-0.1, -0.05) is 5.16 Å². The predicted octanol–water partition coefficient (Wildman–Crippen LogP) is 4.73. The summed E-state index contributed by atoms with van der Waals surface area (Å²) in [6, 6.07) is 9.33.